The fourth-order valence-electron chi connectivity index (χ4n) is 5.81. The van der Waals surface area contributed by atoms with Gasteiger partial charge >= 0.3 is 0 Å². The van der Waals surface area contributed by atoms with E-state index in [0.717, 1.165) is 80.0 Å². The minimum absolute atomic E-state index is 0.231. The molecule has 10 heteroatoms. The molecule has 1 saturated heterocycles. The van der Waals surface area contributed by atoms with Crippen LogP contribution in [0.25, 0.3) is 11.0 Å². The SMILES string of the molecule is O=C(Nc1cccc2nc3n(c12)CCCC3)c1ccc(NS(=O)(=O)CCO)cc1N1CCC2(CC1)CC2. The summed E-state index contributed by atoms with van der Waals surface area (Å²) in [5, 5.41) is 12.2. The average molecular weight is 524 g/mol. The molecule has 3 aromatic rings. The highest BCUT2D eigenvalue weighted by Gasteiger charge is 2.44. The Morgan fingerprint density at radius 3 is 2.62 bits per heavy atom. The number of amides is 1. The summed E-state index contributed by atoms with van der Waals surface area (Å²) in [7, 11) is -3.68. The molecule has 9 nitrogen and oxygen atoms in total. The molecule has 1 aliphatic carbocycles. The van der Waals surface area contributed by atoms with Gasteiger partial charge in [0, 0.05) is 26.1 Å². The predicted molar refractivity (Wildman–Crippen MR) is 145 cm³/mol. The van der Waals surface area contributed by atoms with Gasteiger partial charge in [0.15, 0.2) is 0 Å². The number of aryl methyl sites for hydroxylation is 2. The lowest BCUT2D eigenvalue weighted by atomic mass is 9.93. The van der Waals surface area contributed by atoms with Crippen LogP contribution in [-0.4, -0.2) is 54.4 Å². The van der Waals surface area contributed by atoms with Gasteiger partial charge < -0.3 is 19.9 Å². The highest BCUT2D eigenvalue weighted by atomic mass is 32.2. The molecule has 37 heavy (non-hydrogen) atoms. The van der Waals surface area contributed by atoms with Crippen molar-refractivity contribution in [2.45, 2.75) is 51.5 Å². The molecule has 1 spiro atoms. The fourth-order valence-corrected chi connectivity index (χ4v) is 6.64. The number of anilines is 3. The van der Waals surface area contributed by atoms with Crippen molar-refractivity contribution < 1.29 is 18.3 Å². The molecule has 3 aliphatic rings. The van der Waals surface area contributed by atoms with E-state index in [0.29, 0.717) is 16.7 Å². The van der Waals surface area contributed by atoms with Crippen molar-refractivity contribution in [1.29, 1.82) is 0 Å². The first-order chi connectivity index (χ1) is 17.9. The van der Waals surface area contributed by atoms with Gasteiger partial charge in [-0.2, -0.15) is 0 Å². The molecule has 0 radical (unpaired) electrons. The second-order valence-electron chi connectivity index (χ2n) is 10.6. The zero-order valence-corrected chi connectivity index (χ0v) is 21.7. The minimum atomic E-state index is -3.68. The van der Waals surface area contributed by atoms with Gasteiger partial charge in [0.05, 0.1) is 46.0 Å². The van der Waals surface area contributed by atoms with Crippen LogP contribution in [0.4, 0.5) is 17.1 Å². The van der Waals surface area contributed by atoms with Crippen LogP contribution in [0.2, 0.25) is 0 Å². The van der Waals surface area contributed by atoms with E-state index in [9.17, 15) is 13.2 Å². The quantitative estimate of drug-likeness (QED) is 0.434. The number of imidazole rings is 1. The van der Waals surface area contributed by atoms with Gasteiger partial charge in [0.25, 0.3) is 5.91 Å². The Labute approximate surface area is 216 Å². The molecule has 1 saturated carbocycles. The molecule has 6 rings (SSSR count). The summed E-state index contributed by atoms with van der Waals surface area (Å²) in [5.41, 5.74) is 4.65. The van der Waals surface area contributed by atoms with E-state index in [4.69, 9.17) is 10.1 Å². The maximum Gasteiger partial charge on any atom is 0.257 e. The summed E-state index contributed by atoms with van der Waals surface area (Å²) in [6.07, 6.45) is 7.86. The topological polar surface area (TPSA) is 117 Å². The predicted octanol–water partition coefficient (Wildman–Crippen LogP) is 3.74. The Bertz CT molecular complexity index is 1450. The van der Waals surface area contributed by atoms with Crippen molar-refractivity contribution in [3.05, 3.63) is 47.8 Å². The summed E-state index contributed by atoms with van der Waals surface area (Å²) in [4.78, 5) is 20.7. The fraction of sp³-hybridized carbons (Fsp3) is 0.481. The van der Waals surface area contributed by atoms with Gasteiger partial charge in [0.1, 0.15) is 5.82 Å². The normalized spacial score (nSPS) is 18.6. The lowest BCUT2D eigenvalue weighted by Gasteiger charge is -2.35. The monoisotopic (exact) mass is 523 g/mol. The second kappa shape index (κ2) is 9.33. The van der Waals surface area contributed by atoms with Crippen LogP contribution in [0.15, 0.2) is 36.4 Å². The first-order valence-corrected chi connectivity index (χ1v) is 14.8. The summed E-state index contributed by atoms with van der Waals surface area (Å²) < 4.78 is 29.3. The van der Waals surface area contributed by atoms with Crippen molar-refractivity contribution in [3.8, 4) is 0 Å². The number of rotatable bonds is 7. The standard InChI is InChI=1S/C27H33N5O4S/c33-16-17-37(35,36)30-19-7-8-20(23(18-19)31-14-11-27(9-10-27)12-15-31)26(34)29-22-5-3-4-21-25(22)32-13-2-1-6-24(32)28-21/h3-5,7-8,18,30,33H,1-2,6,9-17H2,(H,29,34). The lowest BCUT2D eigenvalue weighted by molar-refractivity contribution is 0.102. The van der Waals surface area contributed by atoms with Crippen molar-refractivity contribution in [1.82, 2.24) is 9.55 Å². The van der Waals surface area contributed by atoms with Crippen molar-refractivity contribution in [2.24, 2.45) is 5.41 Å². The van der Waals surface area contributed by atoms with E-state index in [1.165, 1.54) is 12.8 Å². The Balaban J connectivity index is 1.33. The van der Waals surface area contributed by atoms with Crippen molar-refractivity contribution in [2.75, 3.05) is 40.4 Å². The van der Waals surface area contributed by atoms with E-state index in [1.54, 1.807) is 18.2 Å². The van der Waals surface area contributed by atoms with Crippen molar-refractivity contribution >= 4 is 44.0 Å². The number of hydrogen-bond donors (Lipinski definition) is 3. The van der Waals surface area contributed by atoms with Crippen LogP contribution in [-0.2, 0) is 23.0 Å². The summed E-state index contributed by atoms with van der Waals surface area (Å²) in [6, 6.07) is 10.9. The van der Waals surface area contributed by atoms with Gasteiger partial charge in [0.2, 0.25) is 10.0 Å². The van der Waals surface area contributed by atoms with Crippen LogP contribution >= 0.6 is 0 Å². The molecule has 2 aromatic carbocycles. The number of hydrogen-bond acceptors (Lipinski definition) is 6. The number of aliphatic hydroxyl groups is 1. The molecule has 3 heterocycles. The highest BCUT2D eigenvalue weighted by molar-refractivity contribution is 7.92. The zero-order chi connectivity index (χ0) is 25.6. The lowest BCUT2D eigenvalue weighted by Crippen LogP contribution is -2.35. The molecule has 196 valence electrons. The number of aromatic nitrogens is 2. The third-order valence-electron chi connectivity index (χ3n) is 8.12. The Morgan fingerprint density at radius 2 is 1.86 bits per heavy atom. The number of nitrogens with one attached hydrogen (secondary N) is 2. The number of fused-ring (bicyclic) bond motifs is 3. The van der Waals surface area contributed by atoms with E-state index in [2.05, 4.69) is 19.5 Å². The molecule has 2 aliphatic heterocycles. The van der Waals surface area contributed by atoms with Gasteiger partial charge in [-0.05, 0) is 74.3 Å². The van der Waals surface area contributed by atoms with E-state index in [1.807, 2.05) is 18.2 Å². The number of para-hydroxylation sites is 1. The highest BCUT2D eigenvalue weighted by Crippen LogP contribution is 2.54. The molecular formula is C27H33N5O4S. The molecule has 2 fully saturated rings. The van der Waals surface area contributed by atoms with E-state index < -0.39 is 16.6 Å². The third-order valence-corrected chi connectivity index (χ3v) is 9.39. The molecule has 3 N–H and O–H groups in total. The number of benzene rings is 2. The Hall–Kier alpha value is -3.11. The van der Waals surface area contributed by atoms with E-state index in [-0.39, 0.29) is 11.7 Å². The van der Waals surface area contributed by atoms with Gasteiger partial charge in [-0.1, -0.05) is 6.07 Å². The third kappa shape index (κ3) is 4.80. The van der Waals surface area contributed by atoms with Gasteiger partial charge in [-0.3, -0.25) is 9.52 Å². The van der Waals surface area contributed by atoms with Crippen LogP contribution < -0.4 is 14.9 Å². The van der Waals surface area contributed by atoms with Crippen molar-refractivity contribution in [3.63, 3.8) is 0 Å². The first kappa shape index (κ1) is 24.2. The summed E-state index contributed by atoms with van der Waals surface area (Å²) >= 11 is 0. The number of nitrogens with zero attached hydrogens (tertiary/aromatic N) is 3. The molecule has 1 amide bonds. The average Bonchev–Trinajstić information content (AvgIpc) is 3.51. The first-order valence-electron chi connectivity index (χ1n) is 13.2. The van der Waals surface area contributed by atoms with Crippen LogP contribution in [0.1, 0.15) is 54.7 Å². The second-order valence-corrected chi connectivity index (χ2v) is 12.5. The molecule has 1 aromatic heterocycles. The van der Waals surface area contributed by atoms with Crippen LogP contribution in [0.3, 0.4) is 0 Å². The zero-order valence-electron chi connectivity index (χ0n) is 20.9. The maximum atomic E-state index is 13.7. The van der Waals surface area contributed by atoms with Crippen LogP contribution in [0.5, 0.6) is 0 Å². The molecule has 0 bridgehead atoms. The largest absolute Gasteiger partial charge is 0.395 e. The molecular weight excluding hydrogens is 490 g/mol. The van der Waals surface area contributed by atoms with Gasteiger partial charge in [-0.25, -0.2) is 13.4 Å². The number of carbonyl (C=O) groups is 1. The van der Waals surface area contributed by atoms with Gasteiger partial charge in [-0.15, -0.1) is 0 Å². The Kier molecular flexibility index (Phi) is 6.11. The Morgan fingerprint density at radius 1 is 1.05 bits per heavy atom. The number of aliphatic hydroxyl groups excluding tert-OH is 1. The number of sulfonamides is 1. The number of carbonyl (C=O) groups excluding carboxylic acids is 1. The summed E-state index contributed by atoms with van der Waals surface area (Å²) in [5.74, 6) is 0.451. The van der Waals surface area contributed by atoms with E-state index >= 15 is 0 Å². The molecule has 0 atom stereocenters. The minimum Gasteiger partial charge on any atom is -0.395 e. The summed E-state index contributed by atoms with van der Waals surface area (Å²) in [6.45, 7) is 2.10. The number of piperidine rings is 1. The smallest absolute Gasteiger partial charge is 0.257 e. The molecule has 0 unspecified atom stereocenters. The maximum absolute atomic E-state index is 13.7. The van der Waals surface area contributed by atoms with Crippen LogP contribution in [0, 0.1) is 5.41 Å².